The average molecular weight is 640 g/mol. The number of aliphatic imine (C=N–C) groups is 1. The molecular formula is C45H29N5. The number of fused-ring (bicyclic) bond motifs is 7. The summed E-state index contributed by atoms with van der Waals surface area (Å²) in [5.74, 6) is 0.811. The first-order valence-corrected chi connectivity index (χ1v) is 16.8. The minimum atomic E-state index is -0.0216. The van der Waals surface area contributed by atoms with Crippen LogP contribution in [0.15, 0.2) is 169 Å². The van der Waals surface area contributed by atoms with E-state index in [1.165, 1.54) is 32.7 Å². The Kier molecular flexibility index (Phi) is 6.24. The Morgan fingerprint density at radius 2 is 1.12 bits per heavy atom. The average Bonchev–Trinajstić information content (AvgIpc) is 3.70. The second-order valence-electron chi connectivity index (χ2n) is 12.8. The zero-order valence-electron chi connectivity index (χ0n) is 27.0. The van der Waals surface area contributed by atoms with E-state index in [2.05, 4.69) is 166 Å². The third-order valence-electron chi connectivity index (χ3n) is 10.0. The van der Waals surface area contributed by atoms with Gasteiger partial charge in [0.25, 0.3) is 0 Å². The van der Waals surface area contributed by atoms with Crippen molar-refractivity contribution in [3.8, 4) is 22.9 Å². The normalized spacial score (nSPS) is 14.1. The van der Waals surface area contributed by atoms with E-state index in [1.54, 1.807) is 0 Å². The largest absolute Gasteiger partial charge is 0.344 e. The molecule has 5 nitrogen and oxygen atoms in total. The molecule has 2 aromatic heterocycles. The number of rotatable bonds is 3. The summed E-state index contributed by atoms with van der Waals surface area (Å²) in [4.78, 5) is 5.19. The van der Waals surface area contributed by atoms with E-state index in [0.717, 1.165) is 50.5 Å². The van der Waals surface area contributed by atoms with Crippen LogP contribution in [0.1, 0.15) is 22.7 Å². The monoisotopic (exact) mass is 639 g/mol. The highest BCUT2D eigenvalue weighted by molar-refractivity contribution is 6.16. The van der Waals surface area contributed by atoms with E-state index < -0.39 is 0 Å². The molecule has 1 unspecified atom stereocenters. The van der Waals surface area contributed by atoms with Crippen molar-refractivity contribution in [1.29, 1.82) is 5.26 Å². The van der Waals surface area contributed by atoms with Crippen molar-refractivity contribution in [2.45, 2.75) is 6.04 Å². The summed E-state index contributed by atoms with van der Waals surface area (Å²) in [6, 6.07) is 59.7. The van der Waals surface area contributed by atoms with E-state index in [-0.39, 0.29) is 6.04 Å². The lowest BCUT2D eigenvalue weighted by Gasteiger charge is -2.28. The van der Waals surface area contributed by atoms with E-state index in [0.29, 0.717) is 5.56 Å². The maximum Gasteiger partial charge on any atom is 0.209 e. The molecule has 5 heteroatoms. The van der Waals surface area contributed by atoms with Crippen LogP contribution in [0.5, 0.6) is 0 Å². The second-order valence-corrected chi connectivity index (χ2v) is 12.8. The van der Waals surface area contributed by atoms with Crippen LogP contribution in [0.2, 0.25) is 0 Å². The predicted octanol–water partition coefficient (Wildman–Crippen LogP) is 10.7. The van der Waals surface area contributed by atoms with E-state index >= 15 is 0 Å². The van der Waals surface area contributed by atoms with Gasteiger partial charge in [-0.15, -0.1) is 0 Å². The predicted molar refractivity (Wildman–Crippen MR) is 204 cm³/mol. The first-order chi connectivity index (χ1) is 24.7. The van der Waals surface area contributed by atoms with Crippen molar-refractivity contribution < 1.29 is 0 Å². The van der Waals surface area contributed by atoms with Crippen LogP contribution in [0.4, 0.5) is 5.69 Å². The molecule has 50 heavy (non-hydrogen) atoms. The van der Waals surface area contributed by atoms with Crippen LogP contribution in [0.3, 0.4) is 0 Å². The van der Waals surface area contributed by atoms with Gasteiger partial charge in [-0.05, 0) is 77.4 Å². The molecule has 1 atom stereocenters. The second kappa shape index (κ2) is 11.1. The quantitative estimate of drug-likeness (QED) is 0.209. The molecule has 0 aliphatic carbocycles. The topological polar surface area (TPSA) is 58.0 Å². The van der Waals surface area contributed by atoms with Crippen molar-refractivity contribution in [2.75, 3.05) is 0 Å². The Morgan fingerprint density at radius 3 is 1.84 bits per heavy atom. The summed E-state index contributed by atoms with van der Waals surface area (Å²) < 4.78 is 4.53. The molecule has 0 saturated carbocycles. The van der Waals surface area contributed by atoms with Crippen molar-refractivity contribution in [1.82, 2.24) is 14.5 Å². The molecular weight excluding hydrogens is 611 g/mol. The molecule has 3 heterocycles. The molecule has 1 aliphatic heterocycles. The van der Waals surface area contributed by atoms with E-state index in [9.17, 15) is 5.26 Å². The van der Waals surface area contributed by atoms with Crippen molar-refractivity contribution in [2.24, 2.45) is 4.99 Å². The lowest BCUT2D eigenvalue weighted by atomic mass is 9.96. The number of aromatic nitrogens is 2. The number of para-hydroxylation sites is 3. The van der Waals surface area contributed by atoms with Gasteiger partial charge < -0.3 is 9.88 Å². The highest BCUT2D eigenvalue weighted by Crippen LogP contribution is 2.39. The molecule has 0 fully saturated rings. The molecule has 0 bridgehead atoms. The number of benzene rings is 7. The molecule has 0 radical (unpaired) electrons. The molecule has 7 aromatic carbocycles. The third kappa shape index (κ3) is 4.29. The van der Waals surface area contributed by atoms with Crippen LogP contribution in [0.25, 0.3) is 60.4 Å². The fourth-order valence-electron chi connectivity index (χ4n) is 7.74. The Bertz CT molecular complexity index is 2870. The summed E-state index contributed by atoms with van der Waals surface area (Å²) in [5, 5.41) is 18.1. The van der Waals surface area contributed by atoms with Crippen LogP contribution in [0, 0.1) is 11.3 Å². The van der Waals surface area contributed by atoms with Gasteiger partial charge in [-0.2, -0.15) is 5.26 Å². The minimum absolute atomic E-state index is 0.0216. The zero-order chi connectivity index (χ0) is 33.2. The highest BCUT2D eigenvalue weighted by atomic mass is 15.2. The van der Waals surface area contributed by atoms with Crippen LogP contribution >= 0.6 is 0 Å². The lowest BCUT2D eigenvalue weighted by molar-refractivity contribution is 0.731. The van der Waals surface area contributed by atoms with E-state index in [4.69, 9.17) is 4.99 Å². The van der Waals surface area contributed by atoms with Gasteiger partial charge in [-0.25, -0.2) is 4.99 Å². The Balaban J connectivity index is 1.14. The smallest absolute Gasteiger partial charge is 0.209 e. The molecule has 1 aliphatic rings. The molecule has 0 spiro atoms. The number of nitrogens with one attached hydrogen (secondary N) is 1. The molecule has 1 N–H and O–H groups in total. The number of nitrogens with zero attached hydrogens (tertiary/aromatic N) is 4. The number of hydrogen-bond acceptors (Lipinski definition) is 3. The summed E-state index contributed by atoms with van der Waals surface area (Å²) in [7, 11) is 0. The summed E-state index contributed by atoms with van der Waals surface area (Å²) in [6.07, 6.45) is 0. The van der Waals surface area contributed by atoms with Gasteiger partial charge in [-0.3, -0.25) is 4.57 Å². The van der Waals surface area contributed by atoms with Crippen molar-refractivity contribution in [3.63, 3.8) is 0 Å². The molecule has 9 aromatic rings. The number of hydrogen-bond donors (Lipinski definition) is 1. The summed E-state index contributed by atoms with van der Waals surface area (Å²) >= 11 is 0. The Morgan fingerprint density at radius 1 is 0.520 bits per heavy atom. The fourth-order valence-corrected chi connectivity index (χ4v) is 7.74. The van der Waals surface area contributed by atoms with E-state index in [1.807, 2.05) is 18.2 Å². The first-order valence-electron chi connectivity index (χ1n) is 16.8. The Hall–Kier alpha value is -6.90. The number of nitriles is 1. The van der Waals surface area contributed by atoms with Gasteiger partial charge in [0, 0.05) is 32.8 Å². The highest BCUT2D eigenvalue weighted by Gasteiger charge is 2.26. The molecule has 0 amide bonds. The SMILES string of the molecule is N#Cc1cccc(-n2c3ccccc3c3cc(-c4ccc5c(c4)c4ccccc4n5C4=Nc5ccccc5C(c5ccccc5)N4)ccc32)c1. The summed E-state index contributed by atoms with van der Waals surface area (Å²) in [6.45, 7) is 0. The minimum Gasteiger partial charge on any atom is -0.344 e. The van der Waals surface area contributed by atoms with Crippen LogP contribution < -0.4 is 5.32 Å². The van der Waals surface area contributed by atoms with Gasteiger partial charge >= 0.3 is 0 Å². The Labute approximate surface area is 288 Å². The lowest BCUT2D eigenvalue weighted by Crippen LogP contribution is -2.36. The maximum absolute atomic E-state index is 9.59. The van der Waals surface area contributed by atoms with Crippen LogP contribution in [-0.4, -0.2) is 15.1 Å². The third-order valence-corrected chi connectivity index (χ3v) is 10.0. The molecule has 0 saturated heterocycles. The van der Waals surface area contributed by atoms with Gasteiger partial charge in [-0.1, -0.05) is 103 Å². The van der Waals surface area contributed by atoms with Gasteiger partial charge in [0.2, 0.25) is 5.96 Å². The fraction of sp³-hybridized carbons (Fsp3) is 0.0222. The van der Waals surface area contributed by atoms with Crippen LogP contribution in [-0.2, 0) is 0 Å². The van der Waals surface area contributed by atoms with Gasteiger partial charge in [0.15, 0.2) is 0 Å². The molecule has 234 valence electrons. The first kappa shape index (κ1) is 28.1. The van der Waals surface area contributed by atoms with Crippen molar-refractivity contribution >= 4 is 55.3 Å². The standard InChI is InChI=1S/C45H29N5/c46-28-29-11-10-14-33(25-29)49-40-19-8-5-15-34(40)37-26-31(21-23-42(37)49)32-22-24-43-38(27-32)35-16-6-9-20-41(35)50(43)45-47-39-18-7-4-17-36(39)44(48-45)30-12-2-1-3-13-30/h1-27,44H,(H,47,48). The zero-order valence-corrected chi connectivity index (χ0v) is 27.0. The molecule has 10 rings (SSSR count). The van der Waals surface area contributed by atoms with Gasteiger partial charge in [0.1, 0.15) is 0 Å². The van der Waals surface area contributed by atoms with Gasteiger partial charge in [0.05, 0.1) is 45.4 Å². The summed E-state index contributed by atoms with van der Waals surface area (Å²) in [5.41, 5.74) is 11.7. The maximum atomic E-state index is 9.59. The van der Waals surface area contributed by atoms with Crippen molar-refractivity contribution in [3.05, 3.63) is 180 Å².